The number of nitrogens with two attached hydrogens (primary N) is 1. The predicted octanol–water partition coefficient (Wildman–Crippen LogP) is 0.256. The van der Waals surface area contributed by atoms with Crippen LogP contribution in [-0.4, -0.2) is 21.6 Å². The first-order chi connectivity index (χ1) is 7.00. The molecule has 2 rings (SSSR count). The van der Waals surface area contributed by atoms with Crippen molar-refractivity contribution in [3.63, 3.8) is 0 Å². The van der Waals surface area contributed by atoms with Gasteiger partial charge >= 0.3 is 0 Å². The SMILES string of the molecule is CC(=O)n1nc2c(c1N)CC(C)C(=O)N2. The largest absolute Gasteiger partial charge is 0.383 e. The Morgan fingerprint density at radius 3 is 2.93 bits per heavy atom. The lowest BCUT2D eigenvalue weighted by molar-refractivity contribution is -0.119. The Morgan fingerprint density at radius 1 is 1.67 bits per heavy atom. The van der Waals surface area contributed by atoms with E-state index in [0.29, 0.717) is 18.1 Å². The van der Waals surface area contributed by atoms with E-state index < -0.39 is 0 Å². The quantitative estimate of drug-likeness (QED) is 0.639. The summed E-state index contributed by atoms with van der Waals surface area (Å²) in [6, 6.07) is 0. The lowest BCUT2D eigenvalue weighted by Gasteiger charge is -2.17. The smallest absolute Gasteiger partial charge is 0.245 e. The maximum atomic E-state index is 11.4. The number of carbonyl (C=O) groups excluding carboxylic acids is 2. The van der Waals surface area contributed by atoms with Crippen LogP contribution in [0.3, 0.4) is 0 Å². The molecule has 6 nitrogen and oxygen atoms in total. The fourth-order valence-corrected chi connectivity index (χ4v) is 1.64. The van der Waals surface area contributed by atoms with Crippen molar-refractivity contribution in [1.29, 1.82) is 0 Å². The zero-order valence-corrected chi connectivity index (χ0v) is 8.57. The summed E-state index contributed by atoms with van der Waals surface area (Å²) in [7, 11) is 0. The lowest BCUT2D eigenvalue weighted by Crippen LogP contribution is -2.27. The summed E-state index contributed by atoms with van der Waals surface area (Å²) < 4.78 is 1.11. The molecule has 15 heavy (non-hydrogen) atoms. The van der Waals surface area contributed by atoms with Crippen LogP contribution in [0.4, 0.5) is 11.6 Å². The maximum absolute atomic E-state index is 11.4. The number of carbonyl (C=O) groups is 2. The number of anilines is 2. The van der Waals surface area contributed by atoms with Gasteiger partial charge in [0.05, 0.1) is 0 Å². The highest BCUT2D eigenvalue weighted by molar-refractivity contribution is 5.96. The van der Waals surface area contributed by atoms with Gasteiger partial charge < -0.3 is 11.1 Å². The molecule has 0 saturated heterocycles. The van der Waals surface area contributed by atoms with E-state index in [1.54, 1.807) is 0 Å². The van der Waals surface area contributed by atoms with Crippen molar-refractivity contribution in [2.24, 2.45) is 5.92 Å². The van der Waals surface area contributed by atoms with Gasteiger partial charge in [0, 0.05) is 18.4 Å². The Hall–Kier alpha value is -1.85. The minimum absolute atomic E-state index is 0.0873. The first-order valence-electron chi connectivity index (χ1n) is 4.70. The fourth-order valence-electron chi connectivity index (χ4n) is 1.64. The maximum Gasteiger partial charge on any atom is 0.245 e. The first kappa shape index (κ1) is 9.70. The topological polar surface area (TPSA) is 90.0 Å². The van der Waals surface area contributed by atoms with Crippen LogP contribution in [-0.2, 0) is 11.2 Å². The van der Waals surface area contributed by atoms with Crippen LogP contribution < -0.4 is 11.1 Å². The highest BCUT2D eigenvalue weighted by Gasteiger charge is 2.28. The number of nitrogens with zero attached hydrogens (tertiary/aromatic N) is 2. The van der Waals surface area contributed by atoms with Gasteiger partial charge in [-0.1, -0.05) is 6.92 Å². The molecule has 1 atom stereocenters. The van der Waals surface area contributed by atoms with Gasteiger partial charge in [-0.2, -0.15) is 4.68 Å². The minimum atomic E-state index is -0.260. The second-order valence-corrected chi connectivity index (χ2v) is 3.74. The van der Waals surface area contributed by atoms with Crippen molar-refractivity contribution in [1.82, 2.24) is 9.78 Å². The summed E-state index contributed by atoms with van der Waals surface area (Å²) in [5.41, 5.74) is 6.51. The summed E-state index contributed by atoms with van der Waals surface area (Å²) in [5, 5.41) is 6.57. The number of fused-ring (bicyclic) bond motifs is 1. The molecule has 0 fully saturated rings. The van der Waals surface area contributed by atoms with E-state index in [1.165, 1.54) is 6.92 Å². The fraction of sp³-hybridized carbons (Fsp3) is 0.444. The van der Waals surface area contributed by atoms with Crippen molar-refractivity contribution < 1.29 is 9.59 Å². The van der Waals surface area contributed by atoms with Gasteiger partial charge in [0.2, 0.25) is 11.8 Å². The Balaban J connectivity index is 2.50. The molecular formula is C9H12N4O2. The third-order valence-corrected chi connectivity index (χ3v) is 2.52. The van der Waals surface area contributed by atoms with Crippen molar-refractivity contribution in [3.05, 3.63) is 5.56 Å². The molecule has 6 heteroatoms. The van der Waals surface area contributed by atoms with Gasteiger partial charge in [-0.3, -0.25) is 9.59 Å². The van der Waals surface area contributed by atoms with Crippen LogP contribution in [0.25, 0.3) is 0 Å². The minimum Gasteiger partial charge on any atom is -0.383 e. The Morgan fingerprint density at radius 2 is 2.33 bits per heavy atom. The zero-order valence-electron chi connectivity index (χ0n) is 8.57. The summed E-state index contributed by atoms with van der Waals surface area (Å²) in [6.07, 6.45) is 0.528. The highest BCUT2D eigenvalue weighted by atomic mass is 16.2. The molecule has 1 amide bonds. The third-order valence-electron chi connectivity index (χ3n) is 2.52. The molecule has 0 aromatic carbocycles. The van der Waals surface area contributed by atoms with Gasteiger partial charge in [-0.25, -0.2) is 0 Å². The summed E-state index contributed by atoms with van der Waals surface area (Å²) in [6.45, 7) is 3.18. The van der Waals surface area contributed by atoms with Crippen LogP contribution in [0, 0.1) is 5.92 Å². The average Bonchev–Trinajstić information content (AvgIpc) is 2.46. The van der Waals surface area contributed by atoms with E-state index in [1.807, 2.05) is 6.92 Å². The number of hydrogen-bond donors (Lipinski definition) is 2. The second-order valence-electron chi connectivity index (χ2n) is 3.74. The summed E-state index contributed by atoms with van der Waals surface area (Å²) in [5.74, 6) is 0.249. The molecule has 1 aromatic rings. The van der Waals surface area contributed by atoms with E-state index in [4.69, 9.17) is 5.73 Å². The Labute approximate surface area is 86.4 Å². The Bertz CT molecular complexity index is 449. The standard InChI is InChI=1S/C9H12N4O2/c1-4-3-6-7(10)13(5(2)14)12-8(6)11-9(4)15/h4H,3,10H2,1-2H3,(H,11,12,15). The van der Waals surface area contributed by atoms with Gasteiger partial charge in [-0.15, -0.1) is 5.10 Å². The van der Waals surface area contributed by atoms with Crippen LogP contribution >= 0.6 is 0 Å². The molecule has 0 aliphatic carbocycles. The van der Waals surface area contributed by atoms with E-state index in [-0.39, 0.29) is 17.7 Å². The number of amides is 1. The monoisotopic (exact) mass is 208 g/mol. The van der Waals surface area contributed by atoms with Crippen LogP contribution in [0.1, 0.15) is 24.2 Å². The number of nitrogens with one attached hydrogen (secondary N) is 1. The number of aromatic nitrogens is 2. The molecule has 1 aliphatic rings. The molecule has 1 unspecified atom stereocenters. The first-order valence-corrected chi connectivity index (χ1v) is 4.70. The molecule has 1 aliphatic heterocycles. The molecule has 0 radical (unpaired) electrons. The highest BCUT2D eigenvalue weighted by Crippen LogP contribution is 2.29. The molecule has 0 saturated carbocycles. The summed E-state index contributed by atoms with van der Waals surface area (Å²) in [4.78, 5) is 22.5. The molecule has 3 N–H and O–H groups in total. The molecule has 0 spiro atoms. The molecule has 0 bridgehead atoms. The van der Waals surface area contributed by atoms with E-state index in [9.17, 15) is 9.59 Å². The van der Waals surface area contributed by atoms with Crippen molar-refractivity contribution >= 4 is 23.5 Å². The van der Waals surface area contributed by atoms with Crippen molar-refractivity contribution in [3.8, 4) is 0 Å². The lowest BCUT2D eigenvalue weighted by atomic mass is 9.98. The predicted molar refractivity (Wildman–Crippen MR) is 54.4 cm³/mol. The molecule has 1 aromatic heterocycles. The molecular weight excluding hydrogens is 196 g/mol. The van der Waals surface area contributed by atoms with Gasteiger partial charge in [0.1, 0.15) is 5.82 Å². The molecule has 2 heterocycles. The van der Waals surface area contributed by atoms with E-state index in [0.717, 1.165) is 10.2 Å². The normalized spacial score (nSPS) is 19.6. The number of rotatable bonds is 0. The van der Waals surface area contributed by atoms with Gasteiger partial charge in [0.25, 0.3) is 0 Å². The Kier molecular flexibility index (Phi) is 1.99. The number of hydrogen-bond acceptors (Lipinski definition) is 4. The molecule has 80 valence electrons. The zero-order chi connectivity index (χ0) is 11.2. The van der Waals surface area contributed by atoms with Gasteiger partial charge in [-0.05, 0) is 6.42 Å². The third kappa shape index (κ3) is 1.38. The van der Waals surface area contributed by atoms with E-state index in [2.05, 4.69) is 10.4 Å². The van der Waals surface area contributed by atoms with Crippen LogP contribution in [0.15, 0.2) is 0 Å². The van der Waals surface area contributed by atoms with Crippen molar-refractivity contribution in [2.75, 3.05) is 11.1 Å². The van der Waals surface area contributed by atoms with Crippen LogP contribution in [0.2, 0.25) is 0 Å². The van der Waals surface area contributed by atoms with Crippen LogP contribution in [0.5, 0.6) is 0 Å². The van der Waals surface area contributed by atoms with Crippen molar-refractivity contribution in [2.45, 2.75) is 20.3 Å². The number of nitrogen functional groups attached to an aromatic ring is 1. The second kappa shape index (κ2) is 3.08. The van der Waals surface area contributed by atoms with E-state index >= 15 is 0 Å². The summed E-state index contributed by atoms with van der Waals surface area (Å²) >= 11 is 0. The average molecular weight is 208 g/mol. The van der Waals surface area contributed by atoms with Gasteiger partial charge in [0.15, 0.2) is 5.82 Å².